The monoisotopic (exact) mass is 346 g/mol. The Labute approximate surface area is 150 Å². The molecule has 6 heteroatoms. The maximum atomic E-state index is 12.5. The first-order chi connectivity index (χ1) is 11.9. The topological polar surface area (TPSA) is 73.5 Å². The molecule has 0 saturated carbocycles. The van der Waals surface area contributed by atoms with Crippen LogP contribution in [0.5, 0.6) is 0 Å². The van der Waals surface area contributed by atoms with Crippen LogP contribution in [0, 0.1) is 5.41 Å². The number of para-hydroxylation sites is 1. The fourth-order valence-electron chi connectivity index (χ4n) is 2.63. The van der Waals surface area contributed by atoms with Gasteiger partial charge >= 0.3 is 0 Å². The minimum absolute atomic E-state index is 0.105. The van der Waals surface area contributed by atoms with Gasteiger partial charge in [-0.2, -0.15) is 0 Å². The molecule has 1 aliphatic rings. The second-order valence-electron chi connectivity index (χ2n) is 7.45. The van der Waals surface area contributed by atoms with Gasteiger partial charge in [-0.15, -0.1) is 0 Å². The van der Waals surface area contributed by atoms with Gasteiger partial charge in [0.2, 0.25) is 5.91 Å². The summed E-state index contributed by atoms with van der Waals surface area (Å²) >= 11 is 0. The molecule has 0 spiro atoms. The molecule has 1 fully saturated rings. The lowest BCUT2D eigenvalue weighted by molar-refractivity contribution is -0.123. The first-order valence-electron chi connectivity index (χ1n) is 8.99. The van der Waals surface area contributed by atoms with Crippen molar-refractivity contribution in [3.63, 3.8) is 0 Å². The predicted octanol–water partition coefficient (Wildman–Crippen LogP) is 1.70. The number of nitrogens with zero attached hydrogens (tertiary/aromatic N) is 1. The van der Waals surface area contributed by atoms with E-state index in [1.165, 1.54) is 0 Å². The van der Waals surface area contributed by atoms with Gasteiger partial charge in [0.25, 0.3) is 5.91 Å². The molecule has 0 unspecified atom stereocenters. The molecule has 0 bridgehead atoms. The van der Waals surface area contributed by atoms with Crippen LogP contribution in [0.15, 0.2) is 24.3 Å². The zero-order chi connectivity index (χ0) is 18.3. The minimum atomic E-state index is -0.507. The molecule has 6 nitrogen and oxygen atoms in total. The number of anilines is 1. The number of benzene rings is 1. The number of carbonyl (C=O) groups excluding carboxylic acids is 2. The molecule has 0 aliphatic carbocycles. The predicted molar refractivity (Wildman–Crippen MR) is 101 cm³/mol. The van der Waals surface area contributed by atoms with Gasteiger partial charge in [-0.3, -0.25) is 9.59 Å². The van der Waals surface area contributed by atoms with E-state index >= 15 is 0 Å². The molecule has 1 aliphatic heterocycles. The molecule has 25 heavy (non-hydrogen) atoms. The van der Waals surface area contributed by atoms with Gasteiger partial charge < -0.3 is 20.9 Å². The summed E-state index contributed by atoms with van der Waals surface area (Å²) in [5.41, 5.74) is 0.552. The van der Waals surface area contributed by atoms with E-state index in [4.69, 9.17) is 0 Å². The summed E-state index contributed by atoms with van der Waals surface area (Å²) in [5.74, 6) is -0.253. The van der Waals surface area contributed by atoms with Crippen molar-refractivity contribution in [1.82, 2.24) is 15.5 Å². The SMILES string of the molecule is CC(C)(C)C(=O)Nc1ccccc1C(=O)NCCCN1CCNCC1. The van der Waals surface area contributed by atoms with Gasteiger partial charge in [0, 0.05) is 38.1 Å². The standard InChI is InChI=1S/C19H30N4O2/c1-19(2,3)18(25)22-16-8-5-4-7-15(16)17(24)21-9-6-12-23-13-10-20-11-14-23/h4-5,7-8,20H,6,9-14H2,1-3H3,(H,21,24)(H,22,25). The fourth-order valence-corrected chi connectivity index (χ4v) is 2.63. The Morgan fingerprint density at radius 3 is 2.52 bits per heavy atom. The lowest BCUT2D eigenvalue weighted by Crippen LogP contribution is -2.44. The van der Waals surface area contributed by atoms with Crippen LogP contribution in [0.3, 0.4) is 0 Å². The van der Waals surface area contributed by atoms with Crippen molar-refractivity contribution in [2.75, 3.05) is 44.6 Å². The van der Waals surface area contributed by atoms with Crippen molar-refractivity contribution in [2.45, 2.75) is 27.2 Å². The number of amides is 2. The molecule has 138 valence electrons. The van der Waals surface area contributed by atoms with E-state index in [1.807, 2.05) is 32.9 Å². The maximum absolute atomic E-state index is 12.5. The Morgan fingerprint density at radius 1 is 1.16 bits per heavy atom. The Kier molecular flexibility index (Phi) is 6.96. The third-order valence-corrected chi connectivity index (χ3v) is 4.25. The molecular formula is C19H30N4O2. The molecule has 0 atom stereocenters. The van der Waals surface area contributed by atoms with Crippen molar-refractivity contribution in [3.05, 3.63) is 29.8 Å². The second kappa shape index (κ2) is 8.97. The lowest BCUT2D eigenvalue weighted by Gasteiger charge is -2.27. The van der Waals surface area contributed by atoms with Crippen LogP contribution in [-0.4, -0.2) is 56.0 Å². The van der Waals surface area contributed by atoms with Gasteiger partial charge in [0.15, 0.2) is 0 Å². The largest absolute Gasteiger partial charge is 0.352 e. The van der Waals surface area contributed by atoms with Crippen LogP contribution in [0.2, 0.25) is 0 Å². The average Bonchev–Trinajstić information content (AvgIpc) is 2.59. The van der Waals surface area contributed by atoms with Crippen LogP contribution in [-0.2, 0) is 4.79 Å². The number of hydrogen-bond acceptors (Lipinski definition) is 4. The summed E-state index contributed by atoms with van der Waals surface area (Å²) in [5, 5.41) is 9.15. The summed E-state index contributed by atoms with van der Waals surface area (Å²) in [6.45, 7) is 11.4. The van der Waals surface area contributed by atoms with Crippen molar-refractivity contribution in [2.24, 2.45) is 5.41 Å². The van der Waals surface area contributed by atoms with Crippen molar-refractivity contribution >= 4 is 17.5 Å². The number of hydrogen-bond donors (Lipinski definition) is 3. The zero-order valence-electron chi connectivity index (χ0n) is 15.5. The Bertz CT molecular complexity index is 589. The van der Waals surface area contributed by atoms with E-state index in [9.17, 15) is 9.59 Å². The summed E-state index contributed by atoms with van der Waals surface area (Å²) in [7, 11) is 0. The number of nitrogens with one attached hydrogen (secondary N) is 3. The molecule has 2 rings (SSSR count). The van der Waals surface area contributed by atoms with E-state index in [1.54, 1.807) is 12.1 Å². The quantitative estimate of drug-likeness (QED) is 0.686. The van der Waals surface area contributed by atoms with Crippen LogP contribution < -0.4 is 16.0 Å². The lowest BCUT2D eigenvalue weighted by atomic mass is 9.95. The number of piperazine rings is 1. The summed E-state index contributed by atoms with van der Waals surface area (Å²) in [4.78, 5) is 27.1. The van der Waals surface area contributed by atoms with E-state index in [2.05, 4.69) is 20.9 Å². The van der Waals surface area contributed by atoms with E-state index in [0.717, 1.165) is 39.1 Å². The van der Waals surface area contributed by atoms with Gasteiger partial charge in [0.05, 0.1) is 11.3 Å². The average molecular weight is 346 g/mol. The Balaban J connectivity index is 1.85. The number of carbonyl (C=O) groups is 2. The van der Waals surface area contributed by atoms with Crippen LogP contribution in [0.1, 0.15) is 37.6 Å². The van der Waals surface area contributed by atoms with Crippen molar-refractivity contribution in [1.29, 1.82) is 0 Å². The molecular weight excluding hydrogens is 316 g/mol. The highest BCUT2D eigenvalue weighted by molar-refractivity contribution is 6.04. The number of rotatable bonds is 6. The van der Waals surface area contributed by atoms with Gasteiger partial charge in [-0.25, -0.2) is 0 Å². The van der Waals surface area contributed by atoms with Crippen LogP contribution in [0.4, 0.5) is 5.69 Å². The first-order valence-corrected chi connectivity index (χ1v) is 8.99. The first kappa shape index (κ1) is 19.4. The molecule has 1 aromatic carbocycles. The third-order valence-electron chi connectivity index (χ3n) is 4.25. The Morgan fingerprint density at radius 2 is 1.84 bits per heavy atom. The van der Waals surface area contributed by atoms with Gasteiger partial charge in [-0.05, 0) is 25.1 Å². The molecule has 1 saturated heterocycles. The van der Waals surface area contributed by atoms with Crippen LogP contribution >= 0.6 is 0 Å². The minimum Gasteiger partial charge on any atom is -0.352 e. The fraction of sp³-hybridized carbons (Fsp3) is 0.579. The summed E-state index contributed by atoms with van der Waals surface area (Å²) < 4.78 is 0. The highest BCUT2D eigenvalue weighted by Crippen LogP contribution is 2.20. The van der Waals surface area contributed by atoms with E-state index in [0.29, 0.717) is 17.8 Å². The van der Waals surface area contributed by atoms with Crippen molar-refractivity contribution < 1.29 is 9.59 Å². The molecule has 2 amide bonds. The van der Waals surface area contributed by atoms with Gasteiger partial charge in [0.1, 0.15) is 0 Å². The normalized spacial score (nSPS) is 15.6. The zero-order valence-corrected chi connectivity index (χ0v) is 15.5. The van der Waals surface area contributed by atoms with Gasteiger partial charge in [-0.1, -0.05) is 32.9 Å². The molecule has 3 N–H and O–H groups in total. The smallest absolute Gasteiger partial charge is 0.253 e. The highest BCUT2D eigenvalue weighted by atomic mass is 16.2. The maximum Gasteiger partial charge on any atom is 0.253 e. The van der Waals surface area contributed by atoms with Crippen molar-refractivity contribution in [3.8, 4) is 0 Å². The van der Waals surface area contributed by atoms with Crippen LogP contribution in [0.25, 0.3) is 0 Å². The van der Waals surface area contributed by atoms with E-state index < -0.39 is 5.41 Å². The molecule has 0 radical (unpaired) electrons. The molecule has 1 heterocycles. The molecule has 1 aromatic rings. The second-order valence-corrected chi connectivity index (χ2v) is 7.45. The molecule has 0 aromatic heterocycles. The summed E-state index contributed by atoms with van der Waals surface area (Å²) in [6.07, 6.45) is 0.919. The Hall–Kier alpha value is -1.92. The van der Waals surface area contributed by atoms with E-state index in [-0.39, 0.29) is 11.8 Å². The summed E-state index contributed by atoms with van der Waals surface area (Å²) in [6, 6.07) is 7.13. The third kappa shape index (κ3) is 6.14. The highest BCUT2D eigenvalue weighted by Gasteiger charge is 2.23.